The summed E-state index contributed by atoms with van der Waals surface area (Å²) in [7, 11) is 0. The number of ether oxygens (including phenoxy) is 1. The molecule has 2 rings (SSSR count). The van der Waals surface area contributed by atoms with Crippen LogP contribution in [0.15, 0.2) is 24.3 Å². The number of halogens is 3. The van der Waals surface area contributed by atoms with Gasteiger partial charge >= 0.3 is 12.2 Å². The standard InChI is InChI=1S/C16H21F3N2O3/c1-11(8-12-4-2-3-5-13(12)16(17,18)19)21-14(22)20-9-15(23)6-7-24-10-15/h2-5,11,23H,6-10H2,1H3,(H2,20,21,22)/t11-,15-/m0/s1. The van der Waals surface area contributed by atoms with E-state index in [9.17, 15) is 23.1 Å². The molecule has 2 atom stereocenters. The third-order valence-corrected chi connectivity index (χ3v) is 3.89. The largest absolute Gasteiger partial charge is 0.416 e. The Morgan fingerprint density at radius 1 is 1.42 bits per heavy atom. The summed E-state index contributed by atoms with van der Waals surface area (Å²) < 4.78 is 43.9. The summed E-state index contributed by atoms with van der Waals surface area (Å²) in [6, 6.07) is 4.26. The van der Waals surface area contributed by atoms with Crippen molar-refractivity contribution >= 4 is 6.03 Å². The maximum Gasteiger partial charge on any atom is 0.416 e. The lowest BCUT2D eigenvalue weighted by Crippen LogP contribution is -2.49. The smallest absolute Gasteiger partial charge is 0.386 e. The summed E-state index contributed by atoms with van der Waals surface area (Å²) in [6.45, 7) is 2.25. The van der Waals surface area contributed by atoms with Gasteiger partial charge in [-0.15, -0.1) is 0 Å². The molecule has 3 N–H and O–H groups in total. The maximum absolute atomic E-state index is 13.0. The SMILES string of the molecule is C[C@@H](Cc1ccccc1C(F)(F)F)NC(=O)NC[C@@]1(O)CCOC1. The van der Waals surface area contributed by atoms with Crippen molar-refractivity contribution < 1.29 is 27.8 Å². The fourth-order valence-electron chi connectivity index (χ4n) is 2.61. The molecule has 134 valence electrons. The van der Waals surface area contributed by atoms with Crippen LogP contribution in [0.1, 0.15) is 24.5 Å². The second-order valence-electron chi connectivity index (χ2n) is 6.11. The summed E-state index contributed by atoms with van der Waals surface area (Å²) in [5.41, 5.74) is -1.65. The van der Waals surface area contributed by atoms with E-state index in [1.807, 2.05) is 0 Å². The average Bonchev–Trinajstić information content (AvgIpc) is 2.92. The van der Waals surface area contributed by atoms with E-state index < -0.39 is 29.4 Å². The van der Waals surface area contributed by atoms with Crippen LogP contribution < -0.4 is 10.6 Å². The molecule has 2 amide bonds. The van der Waals surface area contributed by atoms with Gasteiger partial charge in [-0.1, -0.05) is 18.2 Å². The van der Waals surface area contributed by atoms with Crippen LogP contribution in [0.4, 0.5) is 18.0 Å². The van der Waals surface area contributed by atoms with Gasteiger partial charge in [-0.25, -0.2) is 4.79 Å². The Morgan fingerprint density at radius 2 is 2.12 bits per heavy atom. The number of amides is 2. The molecule has 1 saturated heterocycles. The summed E-state index contributed by atoms with van der Waals surface area (Å²) in [4.78, 5) is 11.8. The third kappa shape index (κ3) is 5.10. The molecule has 1 aromatic rings. The number of carbonyl (C=O) groups is 1. The third-order valence-electron chi connectivity index (χ3n) is 3.89. The molecule has 1 aliphatic heterocycles. The van der Waals surface area contributed by atoms with Crippen LogP contribution in [0.2, 0.25) is 0 Å². The van der Waals surface area contributed by atoms with Gasteiger partial charge in [0.2, 0.25) is 0 Å². The number of alkyl halides is 3. The molecule has 24 heavy (non-hydrogen) atoms. The number of hydrogen-bond acceptors (Lipinski definition) is 3. The minimum absolute atomic E-state index is 0.0324. The van der Waals surface area contributed by atoms with Crippen molar-refractivity contribution in [1.82, 2.24) is 10.6 Å². The van der Waals surface area contributed by atoms with Crippen LogP contribution in [0, 0.1) is 0 Å². The van der Waals surface area contributed by atoms with Gasteiger partial charge in [0, 0.05) is 19.1 Å². The van der Waals surface area contributed by atoms with Crippen molar-refractivity contribution in [3.8, 4) is 0 Å². The predicted octanol–water partition coefficient (Wildman–Crippen LogP) is 2.09. The van der Waals surface area contributed by atoms with Crippen molar-refractivity contribution in [1.29, 1.82) is 0 Å². The predicted molar refractivity (Wildman–Crippen MR) is 81.5 cm³/mol. The highest BCUT2D eigenvalue weighted by molar-refractivity contribution is 5.74. The molecule has 5 nitrogen and oxygen atoms in total. The molecule has 0 saturated carbocycles. The second-order valence-corrected chi connectivity index (χ2v) is 6.11. The van der Waals surface area contributed by atoms with Crippen LogP contribution in [-0.4, -0.2) is 42.5 Å². The van der Waals surface area contributed by atoms with Crippen LogP contribution >= 0.6 is 0 Å². The first kappa shape index (κ1) is 18.5. The summed E-state index contributed by atoms with van der Waals surface area (Å²) >= 11 is 0. The number of rotatable bonds is 5. The van der Waals surface area contributed by atoms with Crippen molar-refractivity contribution in [2.75, 3.05) is 19.8 Å². The van der Waals surface area contributed by atoms with E-state index >= 15 is 0 Å². The zero-order chi connectivity index (χ0) is 17.8. The minimum atomic E-state index is -4.43. The van der Waals surface area contributed by atoms with E-state index in [0.717, 1.165) is 6.07 Å². The second kappa shape index (κ2) is 7.40. The number of benzene rings is 1. The lowest BCUT2D eigenvalue weighted by molar-refractivity contribution is -0.138. The Hall–Kier alpha value is -1.80. The number of carbonyl (C=O) groups excluding carboxylic acids is 1. The van der Waals surface area contributed by atoms with Crippen LogP contribution in [-0.2, 0) is 17.3 Å². The highest BCUT2D eigenvalue weighted by Crippen LogP contribution is 2.32. The van der Waals surface area contributed by atoms with E-state index in [1.54, 1.807) is 6.92 Å². The molecule has 0 spiro atoms. The summed E-state index contributed by atoms with van der Waals surface area (Å²) in [5, 5.41) is 15.1. The molecular formula is C16H21F3N2O3. The first-order valence-corrected chi connectivity index (χ1v) is 7.69. The normalized spacial score (nSPS) is 22.2. The summed E-state index contributed by atoms with van der Waals surface area (Å²) in [6.07, 6.45) is -3.94. The van der Waals surface area contributed by atoms with E-state index in [1.165, 1.54) is 18.2 Å². The fraction of sp³-hybridized carbons (Fsp3) is 0.562. The molecule has 8 heteroatoms. The maximum atomic E-state index is 13.0. The number of urea groups is 1. The monoisotopic (exact) mass is 346 g/mol. The molecule has 1 fully saturated rings. The molecule has 1 aromatic carbocycles. The first-order chi connectivity index (χ1) is 11.2. The van der Waals surface area contributed by atoms with Gasteiger partial charge in [0.25, 0.3) is 0 Å². The van der Waals surface area contributed by atoms with Crippen molar-refractivity contribution in [3.63, 3.8) is 0 Å². The Labute approximate surface area is 138 Å². The zero-order valence-corrected chi connectivity index (χ0v) is 13.3. The van der Waals surface area contributed by atoms with Crippen molar-refractivity contribution in [2.45, 2.75) is 37.6 Å². The zero-order valence-electron chi connectivity index (χ0n) is 13.3. The van der Waals surface area contributed by atoms with Gasteiger partial charge in [-0.05, 0) is 25.0 Å². The van der Waals surface area contributed by atoms with Gasteiger partial charge in [0.1, 0.15) is 5.60 Å². The van der Waals surface area contributed by atoms with Gasteiger partial charge < -0.3 is 20.5 Å². The molecule has 0 bridgehead atoms. The molecule has 0 aliphatic carbocycles. The van der Waals surface area contributed by atoms with Gasteiger partial charge in [0.15, 0.2) is 0 Å². The molecule has 1 aliphatic rings. The first-order valence-electron chi connectivity index (χ1n) is 7.69. The molecular weight excluding hydrogens is 325 g/mol. The number of nitrogens with one attached hydrogen (secondary N) is 2. The van der Waals surface area contributed by atoms with E-state index in [-0.39, 0.29) is 25.1 Å². The number of hydrogen-bond donors (Lipinski definition) is 3. The lowest BCUT2D eigenvalue weighted by Gasteiger charge is -2.22. The Kier molecular flexibility index (Phi) is 5.71. The topological polar surface area (TPSA) is 70.6 Å². The van der Waals surface area contributed by atoms with Gasteiger partial charge in [-0.3, -0.25) is 0 Å². The molecule has 0 aromatic heterocycles. The van der Waals surface area contributed by atoms with Crippen molar-refractivity contribution in [3.05, 3.63) is 35.4 Å². The average molecular weight is 346 g/mol. The van der Waals surface area contributed by atoms with Crippen molar-refractivity contribution in [2.24, 2.45) is 0 Å². The highest BCUT2D eigenvalue weighted by Gasteiger charge is 2.34. The quantitative estimate of drug-likeness (QED) is 0.765. The lowest BCUT2D eigenvalue weighted by atomic mass is 10.0. The summed E-state index contributed by atoms with van der Waals surface area (Å²) in [5.74, 6) is 0. The highest BCUT2D eigenvalue weighted by atomic mass is 19.4. The Balaban J connectivity index is 1.87. The van der Waals surface area contributed by atoms with Gasteiger partial charge in [0.05, 0.1) is 18.7 Å². The van der Waals surface area contributed by atoms with Crippen LogP contribution in [0.5, 0.6) is 0 Å². The van der Waals surface area contributed by atoms with E-state index in [2.05, 4.69) is 10.6 Å². The minimum Gasteiger partial charge on any atom is -0.386 e. The number of aliphatic hydroxyl groups is 1. The molecule has 0 unspecified atom stereocenters. The Bertz CT molecular complexity index is 572. The molecule has 1 heterocycles. The van der Waals surface area contributed by atoms with E-state index in [0.29, 0.717) is 13.0 Å². The van der Waals surface area contributed by atoms with Gasteiger partial charge in [-0.2, -0.15) is 13.2 Å². The van der Waals surface area contributed by atoms with Crippen LogP contribution in [0.25, 0.3) is 0 Å². The fourth-order valence-corrected chi connectivity index (χ4v) is 2.61. The molecule has 0 radical (unpaired) electrons. The Morgan fingerprint density at radius 3 is 2.75 bits per heavy atom. The van der Waals surface area contributed by atoms with E-state index in [4.69, 9.17) is 4.74 Å². The van der Waals surface area contributed by atoms with Crippen LogP contribution in [0.3, 0.4) is 0 Å².